The van der Waals surface area contributed by atoms with Gasteiger partial charge in [-0.25, -0.2) is 8.78 Å². The Balaban J connectivity index is 2.64. The minimum absolute atomic E-state index is 0.0637. The van der Waals surface area contributed by atoms with Crippen LogP contribution >= 0.6 is 0 Å². The Morgan fingerprint density at radius 2 is 2.36 bits per heavy atom. The van der Waals surface area contributed by atoms with Crippen LogP contribution in [0.2, 0.25) is 0 Å². The van der Waals surface area contributed by atoms with Crippen molar-refractivity contribution in [2.45, 2.75) is 32.4 Å². The number of rotatable bonds is 2. The summed E-state index contributed by atoms with van der Waals surface area (Å²) in [5.41, 5.74) is 0.668. The number of hydrogen-bond acceptors (Lipinski definition) is 0. The molecule has 1 aliphatic rings. The first kappa shape index (κ1) is 8.44. The molecule has 2 heteroatoms. The number of halogens is 2. The predicted octanol–water partition coefficient (Wildman–Crippen LogP) is 3.31. The third-order valence-corrected chi connectivity index (χ3v) is 1.75. The van der Waals surface area contributed by atoms with Crippen LogP contribution in [0.3, 0.4) is 0 Å². The third kappa shape index (κ3) is 2.14. The molecule has 1 atom stereocenters. The van der Waals surface area contributed by atoms with E-state index in [1.165, 1.54) is 6.08 Å². The van der Waals surface area contributed by atoms with E-state index in [1.54, 1.807) is 6.08 Å². The number of alkyl halides is 1. The van der Waals surface area contributed by atoms with E-state index in [0.717, 1.165) is 12.8 Å². The second-order valence-corrected chi connectivity index (χ2v) is 2.76. The van der Waals surface area contributed by atoms with E-state index in [0.29, 0.717) is 5.57 Å². The average molecular weight is 158 g/mol. The van der Waals surface area contributed by atoms with Gasteiger partial charge in [0.2, 0.25) is 0 Å². The summed E-state index contributed by atoms with van der Waals surface area (Å²) in [6.45, 7) is 1.98. The third-order valence-electron chi connectivity index (χ3n) is 1.75. The molecule has 1 aliphatic carbocycles. The summed E-state index contributed by atoms with van der Waals surface area (Å²) in [6.07, 6.45) is 3.43. The van der Waals surface area contributed by atoms with Crippen molar-refractivity contribution in [2.75, 3.05) is 0 Å². The van der Waals surface area contributed by atoms with Gasteiger partial charge in [-0.05, 0) is 18.1 Å². The molecule has 1 unspecified atom stereocenters. The first-order valence-electron chi connectivity index (χ1n) is 3.94. The molecule has 0 heterocycles. The van der Waals surface area contributed by atoms with Gasteiger partial charge in [-0.2, -0.15) is 0 Å². The zero-order valence-electron chi connectivity index (χ0n) is 6.61. The maximum atomic E-state index is 12.9. The molecule has 0 saturated carbocycles. The van der Waals surface area contributed by atoms with E-state index in [-0.39, 0.29) is 12.2 Å². The van der Waals surface area contributed by atoms with E-state index in [4.69, 9.17) is 0 Å². The van der Waals surface area contributed by atoms with E-state index >= 15 is 0 Å². The zero-order chi connectivity index (χ0) is 8.27. The highest BCUT2D eigenvalue weighted by Crippen LogP contribution is 2.24. The van der Waals surface area contributed by atoms with Crippen LogP contribution in [-0.2, 0) is 0 Å². The molecule has 0 spiro atoms. The summed E-state index contributed by atoms with van der Waals surface area (Å²) in [6, 6.07) is 0. The lowest BCUT2D eigenvalue weighted by Gasteiger charge is -2.10. The second kappa shape index (κ2) is 3.65. The van der Waals surface area contributed by atoms with Crippen LogP contribution in [0.25, 0.3) is 0 Å². The smallest absolute Gasteiger partial charge is 0.125 e. The van der Waals surface area contributed by atoms with Gasteiger partial charge >= 0.3 is 0 Å². The highest BCUT2D eigenvalue weighted by molar-refractivity contribution is 5.27. The molecule has 0 aliphatic heterocycles. The highest BCUT2D eigenvalue weighted by atomic mass is 19.1. The molecule has 0 aromatic rings. The Kier molecular flexibility index (Phi) is 2.80. The first-order chi connectivity index (χ1) is 5.24. The molecule has 0 saturated heterocycles. The molecule has 0 fully saturated rings. The van der Waals surface area contributed by atoms with E-state index in [1.807, 2.05) is 6.92 Å². The molecule has 0 radical (unpaired) electrons. The largest absolute Gasteiger partial charge is 0.242 e. The van der Waals surface area contributed by atoms with Gasteiger partial charge in [0.1, 0.15) is 12.0 Å². The lowest BCUT2D eigenvalue weighted by Crippen LogP contribution is -2.02. The Morgan fingerprint density at radius 3 is 2.91 bits per heavy atom. The van der Waals surface area contributed by atoms with Gasteiger partial charge in [-0.3, -0.25) is 0 Å². The minimum atomic E-state index is -1.12. The van der Waals surface area contributed by atoms with Gasteiger partial charge < -0.3 is 0 Å². The molecule has 1 rings (SSSR count). The molecule has 0 nitrogen and oxygen atoms in total. The van der Waals surface area contributed by atoms with Gasteiger partial charge in [0.15, 0.2) is 0 Å². The SMILES string of the molecule is CCCC1=C(F)CC(F)C=C1. The van der Waals surface area contributed by atoms with Crippen LogP contribution in [0.4, 0.5) is 8.78 Å². The van der Waals surface area contributed by atoms with Crippen molar-refractivity contribution in [3.05, 3.63) is 23.6 Å². The Bertz CT molecular complexity index is 192. The van der Waals surface area contributed by atoms with Crippen LogP contribution in [0.1, 0.15) is 26.2 Å². The molecule has 0 aromatic carbocycles. The van der Waals surface area contributed by atoms with Crippen LogP contribution in [0, 0.1) is 0 Å². The normalized spacial score (nSPS) is 24.5. The molecular weight excluding hydrogens is 146 g/mol. The zero-order valence-corrected chi connectivity index (χ0v) is 6.61. The highest BCUT2D eigenvalue weighted by Gasteiger charge is 2.14. The quantitative estimate of drug-likeness (QED) is 0.578. The molecule has 11 heavy (non-hydrogen) atoms. The maximum Gasteiger partial charge on any atom is 0.125 e. The lowest BCUT2D eigenvalue weighted by atomic mass is 10.0. The average Bonchev–Trinajstić information content (AvgIpc) is 1.95. The fraction of sp³-hybridized carbons (Fsp3) is 0.556. The van der Waals surface area contributed by atoms with E-state index in [9.17, 15) is 8.78 Å². The van der Waals surface area contributed by atoms with Crippen LogP contribution in [0.15, 0.2) is 23.6 Å². The van der Waals surface area contributed by atoms with Crippen molar-refractivity contribution < 1.29 is 8.78 Å². The van der Waals surface area contributed by atoms with Gasteiger partial charge in [0.05, 0.1) is 0 Å². The lowest BCUT2D eigenvalue weighted by molar-refractivity contribution is 0.365. The van der Waals surface area contributed by atoms with Gasteiger partial charge in [-0.15, -0.1) is 0 Å². The monoisotopic (exact) mass is 158 g/mol. The minimum Gasteiger partial charge on any atom is -0.242 e. The molecule has 0 aromatic heterocycles. The summed E-state index contributed by atoms with van der Waals surface area (Å²) >= 11 is 0. The molecule has 0 amide bonds. The second-order valence-electron chi connectivity index (χ2n) is 2.76. The summed E-state index contributed by atoms with van der Waals surface area (Å²) in [4.78, 5) is 0. The summed E-state index contributed by atoms with van der Waals surface area (Å²) in [5.74, 6) is -0.276. The van der Waals surface area contributed by atoms with Gasteiger partial charge in [-0.1, -0.05) is 19.4 Å². The molecular formula is C9H12F2. The van der Waals surface area contributed by atoms with Crippen LogP contribution in [0.5, 0.6) is 0 Å². The van der Waals surface area contributed by atoms with E-state index < -0.39 is 6.17 Å². The maximum absolute atomic E-state index is 12.9. The van der Waals surface area contributed by atoms with Crippen molar-refractivity contribution in [1.29, 1.82) is 0 Å². The fourth-order valence-electron chi connectivity index (χ4n) is 1.17. The topological polar surface area (TPSA) is 0 Å². The predicted molar refractivity (Wildman–Crippen MR) is 41.7 cm³/mol. The Labute approximate surface area is 65.6 Å². The summed E-state index contributed by atoms with van der Waals surface area (Å²) < 4.78 is 25.4. The molecule has 0 N–H and O–H groups in total. The van der Waals surface area contributed by atoms with Gasteiger partial charge in [0, 0.05) is 6.42 Å². The Hall–Kier alpha value is -0.660. The number of allylic oxidation sites excluding steroid dienone is 4. The van der Waals surface area contributed by atoms with Crippen LogP contribution in [-0.4, -0.2) is 6.17 Å². The fourth-order valence-corrected chi connectivity index (χ4v) is 1.17. The van der Waals surface area contributed by atoms with E-state index in [2.05, 4.69) is 0 Å². The van der Waals surface area contributed by atoms with Crippen LogP contribution < -0.4 is 0 Å². The number of hydrogen-bond donors (Lipinski definition) is 0. The molecule has 62 valence electrons. The van der Waals surface area contributed by atoms with Crippen molar-refractivity contribution in [2.24, 2.45) is 0 Å². The summed E-state index contributed by atoms with van der Waals surface area (Å²) in [5, 5.41) is 0. The summed E-state index contributed by atoms with van der Waals surface area (Å²) in [7, 11) is 0. The van der Waals surface area contributed by atoms with Crippen molar-refractivity contribution in [3.8, 4) is 0 Å². The Morgan fingerprint density at radius 1 is 1.64 bits per heavy atom. The van der Waals surface area contributed by atoms with Crippen molar-refractivity contribution >= 4 is 0 Å². The van der Waals surface area contributed by atoms with Crippen molar-refractivity contribution in [3.63, 3.8) is 0 Å². The van der Waals surface area contributed by atoms with Crippen molar-refractivity contribution in [1.82, 2.24) is 0 Å². The first-order valence-corrected chi connectivity index (χ1v) is 3.94. The van der Waals surface area contributed by atoms with Gasteiger partial charge in [0.25, 0.3) is 0 Å². The standard InChI is InChI=1S/C9H12F2/c1-2-3-7-4-5-8(10)6-9(7)11/h4-5,8H,2-3,6H2,1H3. The molecule has 0 bridgehead atoms.